The summed E-state index contributed by atoms with van der Waals surface area (Å²) < 4.78 is 0. The molecule has 200 valence electrons. The third-order valence-electron chi connectivity index (χ3n) is 7.41. The van der Waals surface area contributed by atoms with Gasteiger partial charge in [-0.3, -0.25) is 0 Å². The molecule has 6 aromatic rings. The van der Waals surface area contributed by atoms with Crippen molar-refractivity contribution in [2.75, 3.05) is 0 Å². The first-order valence-corrected chi connectivity index (χ1v) is 14.3. The van der Waals surface area contributed by atoms with Gasteiger partial charge in [0.2, 0.25) is 0 Å². The van der Waals surface area contributed by atoms with E-state index in [9.17, 15) is 0 Å². The van der Waals surface area contributed by atoms with Crippen LogP contribution in [0.5, 0.6) is 0 Å². The molecule has 0 nitrogen and oxygen atoms in total. The van der Waals surface area contributed by atoms with Gasteiger partial charge in [0.15, 0.2) is 0 Å². The minimum absolute atomic E-state index is 0. The maximum Gasteiger partial charge on any atom is 4.00 e. The summed E-state index contributed by atoms with van der Waals surface area (Å²) in [6, 6.07) is 46.9. The monoisotopic (exact) mass is 662 g/mol. The Morgan fingerprint density at radius 2 is 1.34 bits per heavy atom. The van der Waals surface area contributed by atoms with Crippen LogP contribution >= 0.6 is 0 Å². The zero-order valence-electron chi connectivity index (χ0n) is 23.4. The number of hydrogen-bond acceptors (Lipinski definition) is 0. The van der Waals surface area contributed by atoms with Crippen LogP contribution < -0.4 is 35.2 Å². The maximum atomic E-state index is 3.31. The number of halogens is 2. The Morgan fingerprint density at radius 1 is 0.683 bits per heavy atom. The minimum atomic E-state index is 0. The van der Waals surface area contributed by atoms with Crippen molar-refractivity contribution in [1.29, 1.82) is 0 Å². The Labute approximate surface area is 278 Å². The van der Waals surface area contributed by atoms with Crippen LogP contribution in [0.1, 0.15) is 30.9 Å². The van der Waals surface area contributed by atoms with Crippen LogP contribution in [0.4, 0.5) is 0 Å². The summed E-state index contributed by atoms with van der Waals surface area (Å²) in [5.41, 5.74) is 10.8. The van der Waals surface area contributed by atoms with Crippen molar-refractivity contribution in [3.05, 3.63) is 139 Å². The van der Waals surface area contributed by atoms with Crippen molar-refractivity contribution in [3.8, 4) is 33.4 Å². The molecule has 1 aliphatic heterocycles. The first-order chi connectivity index (χ1) is 18.6. The molecule has 0 bridgehead atoms. The Kier molecular flexibility index (Phi) is 11.7. The van der Waals surface area contributed by atoms with Crippen LogP contribution in [-0.4, -0.2) is 9.52 Å². The Balaban J connectivity index is 0.000000246. The summed E-state index contributed by atoms with van der Waals surface area (Å²) in [5, 5.41) is 5.52. The van der Waals surface area contributed by atoms with E-state index in [1.54, 1.807) is 0 Å². The molecule has 41 heavy (non-hydrogen) atoms. The molecular weight excluding hydrogens is 635 g/mol. The second kappa shape index (κ2) is 14.5. The van der Waals surface area contributed by atoms with Crippen molar-refractivity contribution < 1.29 is 51.0 Å². The van der Waals surface area contributed by atoms with Crippen LogP contribution in [0.3, 0.4) is 0 Å². The smallest absolute Gasteiger partial charge is 1.00 e. The van der Waals surface area contributed by atoms with Crippen molar-refractivity contribution in [3.63, 3.8) is 0 Å². The number of hydrogen-bond donors (Lipinski definition) is 0. The topological polar surface area (TPSA) is 0 Å². The van der Waals surface area contributed by atoms with Crippen molar-refractivity contribution in [2.24, 2.45) is 0 Å². The molecule has 0 saturated carbocycles. The van der Waals surface area contributed by atoms with Crippen LogP contribution in [-0.2, 0) is 26.2 Å². The largest absolute Gasteiger partial charge is 4.00 e. The van der Waals surface area contributed by atoms with E-state index in [1.165, 1.54) is 65.7 Å². The van der Waals surface area contributed by atoms with Gasteiger partial charge >= 0.3 is 26.2 Å². The van der Waals surface area contributed by atoms with Crippen molar-refractivity contribution >= 4 is 30.7 Å². The normalized spacial score (nSPS) is 10.8. The van der Waals surface area contributed by atoms with E-state index in [2.05, 4.69) is 142 Å². The van der Waals surface area contributed by atoms with E-state index < -0.39 is 0 Å². The van der Waals surface area contributed by atoms with Gasteiger partial charge in [0.05, 0.1) is 9.52 Å². The van der Waals surface area contributed by atoms with E-state index in [4.69, 9.17) is 0 Å². The molecule has 0 amide bonds. The fourth-order valence-corrected chi connectivity index (χ4v) is 6.68. The number of fused-ring (bicyclic) bond motifs is 4. The van der Waals surface area contributed by atoms with Gasteiger partial charge in [-0.1, -0.05) is 115 Å². The second-order valence-corrected chi connectivity index (χ2v) is 11.5. The Bertz CT molecular complexity index is 1690. The van der Waals surface area contributed by atoms with Gasteiger partial charge in [-0.05, 0) is 35.1 Å². The van der Waals surface area contributed by atoms with Crippen molar-refractivity contribution in [2.45, 2.75) is 26.7 Å². The molecule has 6 aromatic carbocycles. The predicted octanol–water partition coefficient (Wildman–Crippen LogP) is 2.45. The van der Waals surface area contributed by atoms with Crippen LogP contribution in [0.25, 0.3) is 44.2 Å². The number of benzene rings is 5. The van der Waals surface area contributed by atoms with Crippen LogP contribution in [0.2, 0.25) is 0 Å². The maximum absolute atomic E-state index is 3.31. The summed E-state index contributed by atoms with van der Waals surface area (Å²) in [6.45, 7) is 6.73. The molecule has 0 unspecified atom stereocenters. The van der Waals surface area contributed by atoms with Gasteiger partial charge in [-0.2, -0.15) is 35.5 Å². The van der Waals surface area contributed by atoms with Gasteiger partial charge in [-0.15, -0.1) is 34.0 Å². The van der Waals surface area contributed by atoms with Gasteiger partial charge in [0, 0.05) is 0 Å². The van der Waals surface area contributed by atoms with E-state index >= 15 is 0 Å². The van der Waals surface area contributed by atoms with E-state index in [0.29, 0.717) is 5.92 Å². The molecule has 0 spiro atoms. The Hall–Kier alpha value is -2.61. The second-order valence-electron chi connectivity index (χ2n) is 10.2. The molecular formula is C37H30Cl2SiZr. The first-order valence-electron chi connectivity index (χ1n) is 13.3. The fourth-order valence-electron chi connectivity index (χ4n) is 5.37. The third-order valence-corrected chi connectivity index (χ3v) is 8.78. The molecule has 0 atom stereocenters. The van der Waals surface area contributed by atoms with E-state index in [-0.39, 0.29) is 51.0 Å². The molecule has 7 rings (SSSR count). The molecule has 4 heteroatoms. The molecule has 1 heterocycles. The SMILES string of the molecule is Cc1ccccc1-c1c(-c2ccccc2)ccc2[cH-]c(C(C)C)cc12.[Cl-].[Cl-].[Zr+4].[c-]1cccc2c1[Si]c1ccccc1-2. The average molecular weight is 665 g/mol. The molecule has 0 aliphatic carbocycles. The van der Waals surface area contributed by atoms with Gasteiger partial charge in [-0.25, -0.2) is 0 Å². The number of rotatable bonds is 3. The Morgan fingerprint density at radius 3 is 2.07 bits per heavy atom. The van der Waals surface area contributed by atoms with E-state index in [0.717, 1.165) is 9.52 Å². The fraction of sp³-hybridized carbons (Fsp3) is 0.108. The molecule has 1 aliphatic rings. The summed E-state index contributed by atoms with van der Waals surface area (Å²) in [6.07, 6.45) is 0. The molecule has 0 saturated heterocycles. The molecule has 0 N–H and O–H groups in total. The quantitative estimate of drug-likeness (QED) is 0.201. The van der Waals surface area contributed by atoms with Gasteiger partial charge in [0.25, 0.3) is 0 Å². The first kappa shape index (κ1) is 32.9. The summed E-state index contributed by atoms with van der Waals surface area (Å²) in [4.78, 5) is 0. The minimum Gasteiger partial charge on any atom is -1.00 e. The van der Waals surface area contributed by atoms with Crippen molar-refractivity contribution in [1.82, 2.24) is 0 Å². The summed E-state index contributed by atoms with van der Waals surface area (Å²) in [7, 11) is 0.795. The summed E-state index contributed by atoms with van der Waals surface area (Å²) >= 11 is 0. The molecule has 0 aromatic heterocycles. The third kappa shape index (κ3) is 6.73. The van der Waals surface area contributed by atoms with Crippen LogP contribution in [0.15, 0.2) is 121 Å². The zero-order chi connectivity index (χ0) is 26.1. The molecule has 0 fully saturated rings. The summed E-state index contributed by atoms with van der Waals surface area (Å²) in [5.74, 6) is 0.539. The standard InChI is InChI=1S/C25H23.C12H7Si.2ClH.Zr/c1-17(2)21-15-20-13-14-23(19-10-5-4-6-11-19)25(24(20)16-21)22-12-8-7-9-18(22)3;1-3-7-11-9(5-1)10-6-2-4-8-12(10)13-11;;;/h4-17H,1-3H3;1-7H;2*1H;/q2*-1;;;+4/p-2. The van der Waals surface area contributed by atoms with Gasteiger partial charge in [0.1, 0.15) is 0 Å². The average Bonchev–Trinajstić information content (AvgIpc) is 3.56. The van der Waals surface area contributed by atoms with Gasteiger partial charge < -0.3 is 24.8 Å². The molecule has 2 radical (unpaired) electrons. The predicted molar refractivity (Wildman–Crippen MR) is 165 cm³/mol. The zero-order valence-corrected chi connectivity index (χ0v) is 28.4. The van der Waals surface area contributed by atoms with Crippen LogP contribution in [0, 0.1) is 13.0 Å². The number of aryl methyl sites for hydroxylation is 1. The van der Waals surface area contributed by atoms with E-state index in [1.807, 2.05) is 6.07 Å².